The molecule has 9 heteroatoms. The van der Waals surface area contributed by atoms with Gasteiger partial charge in [-0.2, -0.15) is 0 Å². The molecule has 9 nitrogen and oxygen atoms in total. The molecular formula is C30H42O9. The Bertz CT molecular complexity index is 1140. The Morgan fingerprint density at radius 1 is 1.00 bits per heavy atom. The minimum absolute atomic E-state index is 0.174. The lowest BCUT2D eigenvalue weighted by Crippen LogP contribution is -2.43. The topological polar surface area (TPSA) is 118 Å². The largest absolute Gasteiger partial charge is 0.461 e. The third-order valence-electron chi connectivity index (χ3n) is 9.54. The number of ether oxygens (including phenoxy) is 5. The summed E-state index contributed by atoms with van der Waals surface area (Å²) < 4.78 is 30.1. The fraction of sp³-hybridized carbons (Fsp3) is 0.733. The Morgan fingerprint density at radius 2 is 1.59 bits per heavy atom. The molecule has 3 aliphatic carbocycles. The molecule has 1 heterocycles. The summed E-state index contributed by atoms with van der Waals surface area (Å²) in [5, 5.41) is 0. The molecule has 39 heavy (non-hydrogen) atoms. The molecule has 0 aromatic rings. The van der Waals surface area contributed by atoms with E-state index in [1.165, 1.54) is 13.8 Å². The maximum absolute atomic E-state index is 14.3. The van der Waals surface area contributed by atoms with E-state index in [0.29, 0.717) is 17.6 Å². The second kappa shape index (κ2) is 9.84. The number of fused-ring (bicyclic) bond motifs is 1. The first-order valence-corrected chi connectivity index (χ1v) is 13.7. The number of hydrogen-bond donors (Lipinski definition) is 0. The van der Waals surface area contributed by atoms with Gasteiger partial charge in [0, 0.05) is 38.4 Å². The van der Waals surface area contributed by atoms with Crippen molar-refractivity contribution in [2.24, 2.45) is 29.1 Å². The average molecular weight is 547 g/mol. The van der Waals surface area contributed by atoms with Gasteiger partial charge in [0.1, 0.15) is 24.4 Å². The van der Waals surface area contributed by atoms with Crippen LogP contribution in [0, 0.1) is 29.1 Å². The Balaban J connectivity index is 1.92. The van der Waals surface area contributed by atoms with Crippen molar-refractivity contribution in [2.75, 3.05) is 7.11 Å². The second-order valence-electron chi connectivity index (χ2n) is 12.4. The molecule has 0 amide bonds. The highest BCUT2D eigenvalue weighted by atomic mass is 16.7. The van der Waals surface area contributed by atoms with E-state index in [9.17, 15) is 19.2 Å². The minimum atomic E-state index is -1.25. The van der Waals surface area contributed by atoms with Crippen LogP contribution >= 0.6 is 0 Å². The summed E-state index contributed by atoms with van der Waals surface area (Å²) in [4.78, 5) is 51.7. The monoisotopic (exact) mass is 546 g/mol. The first-order valence-electron chi connectivity index (χ1n) is 13.7. The van der Waals surface area contributed by atoms with Crippen molar-refractivity contribution in [1.82, 2.24) is 0 Å². The van der Waals surface area contributed by atoms with Gasteiger partial charge in [0.2, 0.25) is 0 Å². The van der Waals surface area contributed by atoms with Crippen LogP contribution in [0.25, 0.3) is 0 Å². The molecule has 1 aliphatic heterocycles. The zero-order valence-electron chi connectivity index (χ0n) is 24.7. The third kappa shape index (κ3) is 4.46. The summed E-state index contributed by atoms with van der Waals surface area (Å²) in [6, 6.07) is 0. The van der Waals surface area contributed by atoms with Gasteiger partial charge in [0.25, 0.3) is 0 Å². The number of carbonyl (C=O) groups is 4. The fourth-order valence-corrected chi connectivity index (χ4v) is 7.48. The molecule has 0 aromatic carbocycles. The van der Waals surface area contributed by atoms with Crippen LogP contribution in [0.5, 0.6) is 0 Å². The van der Waals surface area contributed by atoms with Gasteiger partial charge in [0.05, 0.1) is 5.92 Å². The molecule has 4 rings (SSSR count). The van der Waals surface area contributed by atoms with Crippen LogP contribution in [0.15, 0.2) is 23.3 Å². The van der Waals surface area contributed by atoms with E-state index in [4.69, 9.17) is 23.7 Å². The van der Waals surface area contributed by atoms with Gasteiger partial charge in [0.15, 0.2) is 17.0 Å². The maximum atomic E-state index is 14.3. The van der Waals surface area contributed by atoms with E-state index < -0.39 is 59.4 Å². The zero-order valence-corrected chi connectivity index (χ0v) is 24.7. The van der Waals surface area contributed by atoms with Crippen molar-refractivity contribution in [3.05, 3.63) is 23.3 Å². The SMILES string of the molecule is C/C=C(/C)C(=O)O[C@@H]1/C(C)=C/[C@@]23O[C@@]2(C[C@H](C)[C@@H]3OC(C)=O)C(=O)[C@@H](C)[C@@H](OC(C)=O)[C@@H]2[C@H]([C@H]1OC)C2(C)C. The highest BCUT2D eigenvalue weighted by Crippen LogP contribution is 2.68. The van der Waals surface area contributed by atoms with Crippen LogP contribution in [0.1, 0.15) is 68.7 Å². The number of ketones is 1. The van der Waals surface area contributed by atoms with Gasteiger partial charge in [-0.25, -0.2) is 4.79 Å². The molecule has 1 saturated heterocycles. The van der Waals surface area contributed by atoms with Crippen molar-refractivity contribution in [3.8, 4) is 0 Å². The van der Waals surface area contributed by atoms with Crippen LogP contribution in [0.3, 0.4) is 0 Å². The molecule has 10 atom stereocenters. The van der Waals surface area contributed by atoms with E-state index in [0.717, 1.165) is 0 Å². The summed E-state index contributed by atoms with van der Waals surface area (Å²) in [5.41, 5.74) is -1.77. The van der Waals surface area contributed by atoms with Gasteiger partial charge < -0.3 is 23.7 Å². The number of hydrogen-bond acceptors (Lipinski definition) is 9. The molecule has 0 radical (unpaired) electrons. The van der Waals surface area contributed by atoms with Crippen LogP contribution in [-0.4, -0.2) is 66.4 Å². The van der Waals surface area contributed by atoms with Crippen LogP contribution in [0.4, 0.5) is 0 Å². The Hall–Kier alpha value is -2.52. The molecule has 0 spiro atoms. The van der Waals surface area contributed by atoms with Gasteiger partial charge >= 0.3 is 17.9 Å². The van der Waals surface area contributed by atoms with E-state index in [2.05, 4.69) is 0 Å². The molecular weight excluding hydrogens is 504 g/mol. The normalized spacial score (nSPS) is 43.9. The molecule has 0 bridgehead atoms. The van der Waals surface area contributed by atoms with E-state index in [1.807, 2.05) is 27.7 Å². The van der Waals surface area contributed by atoms with Gasteiger partial charge in [-0.3, -0.25) is 14.4 Å². The van der Waals surface area contributed by atoms with E-state index in [1.54, 1.807) is 40.0 Å². The van der Waals surface area contributed by atoms with Crippen LogP contribution in [-0.2, 0) is 42.9 Å². The van der Waals surface area contributed by atoms with E-state index in [-0.39, 0.29) is 29.0 Å². The summed E-state index contributed by atoms with van der Waals surface area (Å²) in [7, 11) is 1.57. The lowest BCUT2D eigenvalue weighted by molar-refractivity contribution is -0.154. The number of allylic oxidation sites excluding steroid dienone is 1. The summed E-state index contributed by atoms with van der Waals surface area (Å²) in [6.07, 6.45) is 0.965. The van der Waals surface area contributed by atoms with Crippen molar-refractivity contribution in [1.29, 1.82) is 0 Å². The highest BCUT2D eigenvalue weighted by molar-refractivity contribution is 5.96. The van der Waals surface area contributed by atoms with Gasteiger partial charge in [-0.05, 0) is 50.2 Å². The minimum Gasteiger partial charge on any atom is -0.461 e. The Morgan fingerprint density at radius 3 is 2.13 bits per heavy atom. The molecule has 0 N–H and O–H groups in total. The number of rotatable bonds is 5. The molecule has 3 fully saturated rings. The quantitative estimate of drug-likeness (QED) is 0.167. The van der Waals surface area contributed by atoms with Crippen molar-refractivity contribution < 1.29 is 42.9 Å². The number of carbonyl (C=O) groups excluding carboxylic acids is 4. The summed E-state index contributed by atoms with van der Waals surface area (Å²) >= 11 is 0. The summed E-state index contributed by atoms with van der Waals surface area (Å²) in [5.74, 6) is -2.90. The number of epoxide rings is 1. The van der Waals surface area contributed by atoms with Gasteiger partial charge in [-0.15, -0.1) is 0 Å². The Kier molecular flexibility index (Phi) is 7.43. The molecule has 0 aromatic heterocycles. The van der Waals surface area contributed by atoms with Crippen molar-refractivity contribution in [2.45, 2.75) is 104 Å². The smallest absolute Gasteiger partial charge is 0.334 e. The van der Waals surface area contributed by atoms with Crippen molar-refractivity contribution in [3.63, 3.8) is 0 Å². The Labute approximate surface area is 230 Å². The van der Waals surface area contributed by atoms with Crippen LogP contribution < -0.4 is 0 Å². The van der Waals surface area contributed by atoms with Crippen LogP contribution in [0.2, 0.25) is 0 Å². The number of Topliss-reactive ketones (excluding diaryl/α,β-unsaturated/α-hetero) is 1. The lowest BCUT2D eigenvalue weighted by Gasteiger charge is -2.30. The first kappa shape index (κ1) is 29.5. The zero-order chi connectivity index (χ0) is 29.2. The summed E-state index contributed by atoms with van der Waals surface area (Å²) in [6.45, 7) is 15.7. The van der Waals surface area contributed by atoms with Crippen molar-refractivity contribution >= 4 is 23.7 Å². The second-order valence-corrected chi connectivity index (χ2v) is 12.4. The van der Waals surface area contributed by atoms with Gasteiger partial charge in [-0.1, -0.05) is 33.8 Å². The molecule has 216 valence electrons. The third-order valence-corrected chi connectivity index (χ3v) is 9.54. The highest BCUT2D eigenvalue weighted by Gasteiger charge is 2.84. The fourth-order valence-electron chi connectivity index (χ4n) is 7.48. The predicted octanol–water partition coefficient (Wildman–Crippen LogP) is 3.73. The number of methoxy groups -OCH3 is 1. The number of esters is 3. The average Bonchev–Trinajstić information content (AvgIpc) is 3.64. The lowest BCUT2D eigenvalue weighted by atomic mass is 9.80. The first-order chi connectivity index (χ1) is 18.1. The molecule has 2 saturated carbocycles. The molecule has 0 unspecified atom stereocenters. The maximum Gasteiger partial charge on any atom is 0.334 e. The standard InChI is InChI=1S/C30H42O9/c1-11-14(2)27(34)38-22-15(3)12-30-26(37-19(7)32)16(4)13-29(30,39-30)25(33)17(5)23(36-18(6)31)20-21(24(22)35-10)28(20,8)9/h11-12,16-17,20-24,26H,13H2,1-10H3/b14-11-,15-12+/t16-,17-,20-,21+,22+,23+,24+,26-,29-,30-/m0/s1. The predicted molar refractivity (Wildman–Crippen MR) is 140 cm³/mol. The molecule has 4 aliphatic rings. The van der Waals surface area contributed by atoms with E-state index >= 15 is 0 Å².